The number of para-hydroxylation sites is 1. The number of ether oxygens (including phenoxy) is 3. The van der Waals surface area contributed by atoms with Gasteiger partial charge < -0.3 is 19.3 Å². The summed E-state index contributed by atoms with van der Waals surface area (Å²) in [6, 6.07) is 5.30. The monoisotopic (exact) mass is 294 g/mol. The van der Waals surface area contributed by atoms with Crippen molar-refractivity contribution in [3.8, 4) is 5.75 Å². The van der Waals surface area contributed by atoms with E-state index >= 15 is 0 Å². The Bertz CT molecular complexity index is 466. The second kappa shape index (κ2) is 8.12. The number of aliphatic hydroxyl groups excluding tert-OH is 1. The minimum atomic E-state index is -0.522. The maximum Gasteiger partial charge on any atom is 0.191 e. The number of carbonyl (C=O) groups excluding carboxylic acids is 1. The maximum atomic E-state index is 11.7. The van der Waals surface area contributed by atoms with Crippen molar-refractivity contribution in [2.75, 3.05) is 26.4 Å². The number of hydrogen-bond acceptors (Lipinski definition) is 5. The van der Waals surface area contributed by atoms with Gasteiger partial charge in [-0.25, -0.2) is 0 Å². The van der Waals surface area contributed by atoms with Crippen LogP contribution in [0.15, 0.2) is 18.2 Å². The lowest BCUT2D eigenvalue weighted by Crippen LogP contribution is -2.24. The van der Waals surface area contributed by atoms with Crippen molar-refractivity contribution in [2.24, 2.45) is 0 Å². The normalized spacial score (nSPS) is 18.5. The molecule has 1 N–H and O–H groups in total. The van der Waals surface area contributed by atoms with E-state index in [4.69, 9.17) is 19.3 Å². The summed E-state index contributed by atoms with van der Waals surface area (Å²) in [7, 11) is 0. The number of benzene rings is 1. The standard InChI is InChI=1S/C16H22O5/c1-12-5-4-6-13(14(18)11-17)16(12)21-10-9-20-15-7-2-3-8-19-15/h4-6,15,17H,2-3,7-11H2,1H3. The zero-order chi connectivity index (χ0) is 15.1. The summed E-state index contributed by atoms with van der Waals surface area (Å²) in [5, 5.41) is 9.00. The van der Waals surface area contributed by atoms with Crippen LogP contribution in [0.4, 0.5) is 0 Å². The average molecular weight is 294 g/mol. The van der Waals surface area contributed by atoms with Crippen LogP contribution in [0, 0.1) is 6.92 Å². The lowest BCUT2D eigenvalue weighted by molar-refractivity contribution is -0.165. The van der Waals surface area contributed by atoms with Crippen molar-refractivity contribution in [3.05, 3.63) is 29.3 Å². The van der Waals surface area contributed by atoms with E-state index in [9.17, 15) is 4.79 Å². The summed E-state index contributed by atoms with van der Waals surface area (Å²) < 4.78 is 16.7. The molecular weight excluding hydrogens is 272 g/mol. The predicted octanol–water partition coefficient (Wildman–Crippen LogP) is 2.09. The molecule has 0 radical (unpaired) electrons. The van der Waals surface area contributed by atoms with Gasteiger partial charge in [0.2, 0.25) is 0 Å². The SMILES string of the molecule is Cc1cccc(C(=O)CO)c1OCCOC1CCCCO1. The van der Waals surface area contributed by atoms with Crippen molar-refractivity contribution in [3.63, 3.8) is 0 Å². The summed E-state index contributed by atoms with van der Waals surface area (Å²) in [5.41, 5.74) is 1.27. The lowest BCUT2D eigenvalue weighted by atomic mass is 10.1. The van der Waals surface area contributed by atoms with E-state index in [1.807, 2.05) is 13.0 Å². The maximum absolute atomic E-state index is 11.7. The molecule has 0 aliphatic carbocycles. The highest BCUT2D eigenvalue weighted by Gasteiger charge is 2.15. The van der Waals surface area contributed by atoms with E-state index in [-0.39, 0.29) is 12.1 Å². The van der Waals surface area contributed by atoms with Gasteiger partial charge in [0.25, 0.3) is 0 Å². The Balaban J connectivity index is 1.86. The van der Waals surface area contributed by atoms with Gasteiger partial charge in [-0.05, 0) is 37.8 Å². The molecule has 1 aliphatic heterocycles. The van der Waals surface area contributed by atoms with Crippen molar-refractivity contribution in [1.29, 1.82) is 0 Å². The minimum absolute atomic E-state index is 0.141. The van der Waals surface area contributed by atoms with Crippen LogP contribution >= 0.6 is 0 Å². The molecule has 1 atom stereocenters. The van der Waals surface area contributed by atoms with Gasteiger partial charge in [0.15, 0.2) is 12.1 Å². The van der Waals surface area contributed by atoms with E-state index in [0.29, 0.717) is 24.5 Å². The van der Waals surface area contributed by atoms with Gasteiger partial charge in [0.1, 0.15) is 19.0 Å². The van der Waals surface area contributed by atoms with E-state index in [1.165, 1.54) is 0 Å². The van der Waals surface area contributed by atoms with Crippen LogP contribution in [0.25, 0.3) is 0 Å². The fourth-order valence-electron chi connectivity index (χ4n) is 2.31. The lowest BCUT2D eigenvalue weighted by Gasteiger charge is -2.22. The summed E-state index contributed by atoms with van der Waals surface area (Å²) in [6.45, 7) is 2.85. The molecule has 1 fully saturated rings. The molecule has 1 aromatic carbocycles. The number of hydrogen-bond donors (Lipinski definition) is 1. The smallest absolute Gasteiger partial charge is 0.191 e. The number of aryl methyl sites for hydroxylation is 1. The molecule has 0 amide bonds. The van der Waals surface area contributed by atoms with Crippen molar-refractivity contribution < 1.29 is 24.1 Å². The molecule has 1 aliphatic rings. The second-order valence-electron chi connectivity index (χ2n) is 5.05. The summed E-state index contributed by atoms with van der Waals surface area (Å²) in [4.78, 5) is 11.7. The number of Topliss-reactive ketones (excluding diaryl/α,β-unsaturated/α-hetero) is 1. The fourth-order valence-corrected chi connectivity index (χ4v) is 2.31. The fraction of sp³-hybridized carbons (Fsp3) is 0.562. The number of rotatable bonds is 7. The van der Waals surface area contributed by atoms with Crippen LogP contribution in [0.3, 0.4) is 0 Å². The van der Waals surface area contributed by atoms with Gasteiger partial charge in [0, 0.05) is 6.61 Å². The van der Waals surface area contributed by atoms with Gasteiger partial charge in [-0.2, -0.15) is 0 Å². The molecule has 1 saturated heterocycles. The third kappa shape index (κ3) is 4.52. The molecular formula is C16H22O5. The molecule has 0 bridgehead atoms. The van der Waals surface area contributed by atoms with Gasteiger partial charge in [-0.15, -0.1) is 0 Å². The molecule has 5 nitrogen and oxygen atoms in total. The zero-order valence-corrected chi connectivity index (χ0v) is 12.3. The van der Waals surface area contributed by atoms with Gasteiger partial charge >= 0.3 is 0 Å². The number of ketones is 1. The first-order chi connectivity index (χ1) is 10.2. The van der Waals surface area contributed by atoms with Crippen LogP contribution in [0.5, 0.6) is 5.75 Å². The highest BCUT2D eigenvalue weighted by molar-refractivity contribution is 5.99. The first-order valence-electron chi connectivity index (χ1n) is 7.32. The van der Waals surface area contributed by atoms with E-state index in [2.05, 4.69) is 0 Å². The van der Waals surface area contributed by atoms with Crippen LogP contribution in [-0.2, 0) is 9.47 Å². The Labute approximate surface area is 124 Å². The van der Waals surface area contributed by atoms with Crippen molar-refractivity contribution in [2.45, 2.75) is 32.5 Å². The Morgan fingerprint density at radius 2 is 2.24 bits per heavy atom. The molecule has 0 aromatic heterocycles. The van der Waals surface area contributed by atoms with Gasteiger partial charge in [-0.3, -0.25) is 4.79 Å². The number of aliphatic hydroxyl groups is 1. The Morgan fingerprint density at radius 1 is 1.38 bits per heavy atom. The summed E-state index contributed by atoms with van der Waals surface area (Å²) in [6.07, 6.45) is 2.99. The van der Waals surface area contributed by atoms with Crippen LogP contribution in [0.2, 0.25) is 0 Å². The van der Waals surface area contributed by atoms with Gasteiger partial charge in [0.05, 0.1) is 12.2 Å². The minimum Gasteiger partial charge on any atom is -0.490 e. The third-order valence-corrected chi connectivity index (χ3v) is 3.43. The third-order valence-electron chi connectivity index (χ3n) is 3.43. The first kappa shape index (κ1) is 15.9. The highest BCUT2D eigenvalue weighted by Crippen LogP contribution is 2.24. The average Bonchev–Trinajstić information content (AvgIpc) is 2.53. The van der Waals surface area contributed by atoms with Crippen LogP contribution in [0.1, 0.15) is 35.2 Å². The Morgan fingerprint density at radius 3 is 2.95 bits per heavy atom. The van der Waals surface area contributed by atoms with Crippen molar-refractivity contribution in [1.82, 2.24) is 0 Å². The molecule has 1 unspecified atom stereocenters. The topological polar surface area (TPSA) is 65.0 Å². The molecule has 1 heterocycles. The predicted molar refractivity (Wildman–Crippen MR) is 77.6 cm³/mol. The van der Waals surface area contributed by atoms with Crippen LogP contribution < -0.4 is 4.74 Å². The molecule has 2 rings (SSSR count). The Kier molecular flexibility index (Phi) is 6.17. The summed E-state index contributed by atoms with van der Waals surface area (Å²) >= 11 is 0. The van der Waals surface area contributed by atoms with E-state index < -0.39 is 6.61 Å². The zero-order valence-electron chi connectivity index (χ0n) is 12.3. The highest BCUT2D eigenvalue weighted by atomic mass is 16.7. The largest absolute Gasteiger partial charge is 0.490 e. The van der Waals surface area contributed by atoms with Gasteiger partial charge in [-0.1, -0.05) is 12.1 Å². The molecule has 0 spiro atoms. The van der Waals surface area contributed by atoms with E-state index in [0.717, 1.165) is 31.4 Å². The van der Waals surface area contributed by atoms with Crippen molar-refractivity contribution >= 4 is 5.78 Å². The summed E-state index contributed by atoms with van der Waals surface area (Å²) in [5.74, 6) is 0.176. The quantitative estimate of drug-likeness (QED) is 0.616. The number of carbonyl (C=O) groups is 1. The molecule has 116 valence electrons. The second-order valence-corrected chi connectivity index (χ2v) is 5.05. The molecule has 21 heavy (non-hydrogen) atoms. The molecule has 0 saturated carbocycles. The van der Waals surface area contributed by atoms with Crippen LogP contribution in [-0.4, -0.2) is 43.6 Å². The molecule has 1 aromatic rings. The molecule has 5 heteroatoms. The first-order valence-corrected chi connectivity index (χ1v) is 7.32. The van der Waals surface area contributed by atoms with E-state index in [1.54, 1.807) is 12.1 Å². The Hall–Kier alpha value is -1.43.